The fourth-order valence-electron chi connectivity index (χ4n) is 6.68. The summed E-state index contributed by atoms with van der Waals surface area (Å²) in [6.07, 6.45) is 30.2. The van der Waals surface area contributed by atoms with E-state index in [1.807, 2.05) is 11.8 Å². The van der Waals surface area contributed by atoms with Gasteiger partial charge in [0, 0.05) is 17.9 Å². The van der Waals surface area contributed by atoms with Crippen LogP contribution in [-0.2, 0) is 0 Å². The van der Waals surface area contributed by atoms with Gasteiger partial charge in [-0.05, 0) is 50.5 Å². The number of likely N-dealkylation sites (N-methyl/N-ethyl adjacent to an activating group) is 1. The summed E-state index contributed by atoms with van der Waals surface area (Å²) < 4.78 is 1.20. The fraction of sp³-hybridized carbons (Fsp3) is 0.588. The van der Waals surface area contributed by atoms with E-state index in [-0.39, 0.29) is 0 Å². The lowest BCUT2D eigenvalue weighted by molar-refractivity contribution is -0.930. The molecule has 1 aliphatic carbocycles. The third-order valence-electron chi connectivity index (χ3n) is 9.13. The van der Waals surface area contributed by atoms with E-state index in [9.17, 15) is 0 Å². The number of rotatable bonds is 9. The number of hydrogen-bond donors (Lipinski definition) is 0. The van der Waals surface area contributed by atoms with Crippen LogP contribution in [-0.4, -0.2) is 41.3 Å². The Bertz CT molecular complexity index is 986. The molecule has 4 atom stereocenters. The predicted octanol–water partition coefficient (Wildman–Crippen LogP) is 9.96. The Morgan fingerprint density at radius 3 is 2.29 bits per heavy atom. The summed E-state index contributed by atoms with van der Waals surface area (Å²) in [5, 5.41) is 2.66. The summed E-state index contributed by atoms with van der Waals surface area (Å²) in [6.45, 7) is 9.28. The van der Waals surface area contributed by atoms with E-state index >= 15 is 0 Å². The van der Waals surface area contributed by atoms with Crippen LogP contribution in [0.1, 0.15) is 85.0 Å². The molecule has 2 nitrogen and oxygen atoms in total. The lowest BCUT2D eigenvalue weighted by Crippen LogP contribution is -2.54. The Kier molecular flexibility index (Phi) is 11.6. The zero-order valence-electron chi connectivity index (χ0n) is 24.4. The molecular formula is C34H51N2S2+. The smallest absolute Gasteiger partial charge is 0.155 e. The molecule has 0 amide bonds. The van der Waals surface area contributed by atoms with Crippen molar-refractivity contribution in [2.75, 3.05) is 25.0 Å². The highest BCUT2D eigenvalue weighted by Crippen LogP contribution is 2.47. The highest BCUT2D eigenvalue weighted by Gasteiger charge is 2.50. The fourth-order valence-corrected chi connectivity index (χ4v) is 9.71. The van der Waals surface area contributed by atoms with Gasteiger partial charge in [0.1, 0.15) is 6.04 Å². The molecule has 4 unspecified atom stereocenters. The van der Waals surface area contributed by atoms with E-state index in [1.165, 1.54) is 90.8 Å². The number of para-hydroxylation sites is 1. The van der Waals surface area contributed by atoms with Gasteiger partial charge in [0.25, 0.3) is 0 Å². The largest absolute Gasteiger partial charge is 0.335 e. The van der Waals surface area contributed by atoms with Crippen LogP contribution in [0.4, 0.5) is 5.69 Å². The maximum absolute atomic E-state index is 2.55. The molecule has 1 saturated carbocycles. The molecule has 208 valence electrons. The van der Waals surface area contributed by atoms with E-state index < -0.39 is 0 Å². The molecular weight excluding hydrogens is 501 g/mol. The molecule has 3 aliphatic rings. The molecule has 0 N–H and O–H groups in total. The van der Waals surface area contributed by atoms with Crippen molar-refractivity contribution >= 4 is 29.2 Å². The van der Waals surface area contributed by atoms with Crippen molar-refractivity contribution in [2.45, 2.75) is 107 Å². The number of anilines is 1. The van der Waals surface area contributed by atoms with E-state index in [4.69, 9.17) is 0 Å². The van der Waals surface area contributed by atoms with Gasteiger partial charge in [-0.15, -0.1) is 0 Å². The molecule has 0 aromatic heterocycles. The topological polar surface area (TPSA) is 3.24 Å². The van der Waals surface area contributed by atoms with E-state index in [1.54, 1.807) is 0 Å². The Hall–Kier alpha value is -1.36. The lowest BCUT2D eigenvalue weighted by Gasteiger charge is -2.41. The van der Waals surface area contributed by atoms with Gasteiger partial charge in [-0.2, -0.15) is 0 Å². The minimum Gasteiger partial charge on any atom is -0.335 e. The molecule has 1 saturated heterocycles. The Labute approximate surface area is 242 Å². The normalized spacial score (nSPS) is 30.5. The third kappa shape index (κ3) is 7.23. The van der Waals surface area contributed by atoms with Gasteiger partial charge in [0.15, 0.2) is 5.37 Å². The Morgan fingerprint density at radius 2 is 1.58 bits per heavy atom. The molecule has 2 fully saturated rings. The van der Waals surface area contributed by atoms with Gasteiger partial charge in [-0.3, -0.25) is 0 Å². The third-order valence-corrected chi connectivity index (χ3v) is 12.2. The molecule has 0 bridgehead atoms. The van der Waals surface area contributed by atoms with Crippen LogP contribution >= 0.6 is 23.5 Å². The van der Waals surface area contributed by atoms with Crippen molar-refractivity contribution in [3.05, 3.63) is 71.8 Å². The molecule has 0 spiro atoms. The standard InChI is InChI=1S/C34H51N2S2/c1-5-31-30(27-28-21-15-11-8-9-12-16-22-28)36(4,7-3)34(38-31)26-18-14-10-13-17-25-33-35(6-2)29-23-19-20-24-32(29)37-33/h10,13-14,17-20,23-26,28,30-31,34H,5-9,11-12,15-16,21-22,27H2,1-4H3/q+1. The number of hydrogen-bond acceptors (Lipinski definition) is 3. The maximum atomic E-state index is 2.55. The molecule has 38 heavy (non-hydrogen) atoms. The molecule has 4 rings (SSSR count). The minimum atomic E-state index is 0.563. The predicted molar refractivity (Wildman–Crippen MR) is 172 cm³/mol. The maximum Gasteiger partial charge on any atom is 0.155 e. The van der Waals surface area contributed by atoms with Gasteiger partial charge < -0.3 is 9.38 Å². The summed E-state index contributed by atoms with van der Waals surface area (Å²) >= 11 is 4.12. The first-order valence-corrected chi connectivity index (χ1v) is 17.1. The first kappa shape index (κ1) is 29.6. The highest BCUT2D eigenvalue weighted by molar-refractivity contribution is 8.03. The number of nitrogens with zero attached hydrogens (tertiary/aromatic N) is 2. The zero-order valence-corrected chi connectivity index (χ0v) is 26.0. The summed E-state index contributed by atoms with van der Waals surface area (Å²) in [5.41, 5.74) is 1.33. The first-order chi connectivity index (χ1) is 18.6. The van der Waals surface area contributed by atoms with Crippen LogP contribution in [0.5, 0.6) is 0 Å². The number of allylic oxidation sites excluding steroid dienone is 6. The van der Waals surface area contributed by atoms with Crippen molar-refractivity contribution in [3.8, 4) is 0 Å². The van der Waals surface area contributed by atoms with E-state index in [0.29, 0.717) is 5.37 Å². The van der Waals surface area contributed by atoms with Crippen LogP contribution in [0, 0.1) is 5.92 Å². The van der Waals surface area contributed by atoms with Gasteiger partial charge in [-0.1, -0.05) is 124 Å². The molecule has 1 aromatic carbocycles. The zero-order chi connectivity index (χ0) is 26.8. The Balaban J connectivity index is 1.35. The van der Waals surface area contributed by atoms with Gasteiger partial charge >= 0.3 is 0 Å². The molecule has 4 heteroatoms. The van der Waals surface area contributed by atoms with Crippen LogP contribution in [0.25, 0.3) is 0 Å². The van der Waals surface area contributed by atoms with E-state index in [2.05, 4.69) is 111 Å². The minimum absolute atomic E-state index is 0.563. The number of benzene rings is 1. The summed E-state index contributed by atoms with van der Waals surface area (Å²) in [6, 6.07) is 9.49. The van der Waals surface area contributed by atoms with Crippen LogP contribution in [0.15, 0.2) is 76.7 Å². The number of fused-ring (bicyclic) bond motifs is 1. The highest BCUT2D eigenvalue weighted by atomic mass is 32.2. The second-order valence-electron chi connectivity index (χ2n) is 11.5. The number of thioether (sulfide) groups is 2. The van der Waals surface area contributed by atoms with Crippen LogP contribution in [0.2, 0.25) is 0 Å². The SMILES string of the molecule is CCC1SC(C=CC=CC=CC=C2Sc3ccccc3N2CC)[N+](C)(CC)C1CC1CCCCCCCC1. The van der Waals surface area contributed by atoms with Crippen molar-refractivity contribution in [1.29, 1.82) is 0 Å². The molecule has 2 heterocycles. The average Bonchev–Trinajstić information content (AvgIpc) is 3.47. The van der Waals surface area contributed by atoms with Gasteiger partial charge in [0.2, 0.25) is 0 Å². The van der Waals surface area contributed by atoms with E-state index in [0.717, 1.165) is 23.8 Å². The van der Waals surface area contributed by atoms with Crippen molar-refractivity contribution < 1.29 is 4.48 Å². The lowest BCUT2D eigenvalue weighted by atomic mass is 9.87. The molecule has 0 radical (unpaired) electrons. The van der Waals surface area contributed by atoms with Gasteiger partial charge in [-0.25, -0.2) is 0 Å². The van der Waals surface area contributed by atoms with Crippen LogP contribution < -0.4 is 4.90 Å². The second kappa shape index (κ2) is 14.9. The van der Waals surface area contributed by atoms with Crippen molar-refractivity contribution in [3.63, 3.8) is 0 Å². The quantitative estimate of drug-likeness (QED) is 0.222. The summed E-state index contributed by atoms with van der Waals surface area (Å²) in [7, 11) is 2.55. The molecule has 2 aliphatic heterocycles. The first-order valence-electron chi connectivity index (χ1n) is 15.4. The van der Waals surface area contributed by atoms with Gasteiger partial charge in [0.05, 0.1) is 29.6 Å². The van der Waals surface area contributed by atoms with Crippen molar-refractivity contribution in [1.82, 2.24) is 0 Å². The molecule has 1 aromatic rings. The second-order valence-corrected chi connectivity index (χ2v) is 13.9. The van der Waals surface area contributed by atoms with Crippen molar-refractivity contribution in [2.24, 2.45) is 5.92 Å². The Morgan fingerprint density at radius 1 is 0.895 bits per heavy atom. The number of quaternary nitrogens is 1. The summed E-state index contributed by atoms with van der Waals surface area (Å²) in [4.78, 5) is 3.75. The monoisotopic (exact) mass is 551 g/mol. The van der Waals surface area contributed by atoms with Crippen LogP contribution in [0.3, 0.4) is 0 Å². The average molecular weight is 552 g/mol. The summed E-state index contributed by atoms with van der Waals surface area (Å²) in [5.74, 6) is 0.938.